The van der Waals surface area contributed by atoms with Crippen molar-refractivity contribution in [2.24, 2.45) is 11.8 Å². The Morgan fingerprint density at radius 1 is 1.06 bits per heavy atom. The smallest absolute Gasteiger partial charge is 0.246 e. The van der Waals surface area contributed by atoms with Gasteiger partial charge in [-0.1, -0.05) is 50.3 Å². The van der Waals surface area contributed by atoms with Crippen LogP contribution in [0.5, 0.6) is 0 Å². The van der Waals surface area contributed by atoms with Crippen molar-refractivity contribution in [2.45, 2.75) is 87.6 Å². The Bertz CT molecular complexity index is 799. The van der Waals surface area contributed by atoms with Gasteiger partial charge in [-0.05, 0) is 25.7 Å². The Kier molecular flexibility index (Phi) is 5.40. The maximum Gasteiger partial charge on any atom is 0.246 e. The number of hydrogen-bond acceptors (Lipinski definition) is 4. The lowest BCUT2D eigenvalue weighted by Crippen LogP contribution is -2.56. The minimum atomic E-state index is -1.07. The van der Waals surface area contributed by atoms with E-state index in [-0.39, 0.29) is 36.3 Å². The summed E-state index contributed by atoms with van der Waals surface area (Å²) in [4.78, 5) is 41.8. The van der Waals surface area contributed by atoms with Crippen molar-refractivity contribution < 1.29 is 19.1 Å². The van der Waals surface area contributed by atoms with Crippen LogP contribution < -0.4 is 10.6 Å². The van der Waals surface area contributed by atoms with Gasteiger partial charge >= 0.3 is 0 Å². The number of fused-ring (bicyclic) bond motifs is 1. The Balaban J connectivity index is 1.41. The molecule has 5 atom stereocenters. The number of nitrogens with one attached hydrogen (secondary N) is 2. The SMILES string of the molecule is C=CCN1C(=O)[C@H]2[C@@H](C(=O)NC3CCCC3)[C@H]3C=C[C@]2(O3)[C@@H]1C(=O)NC1CCCCC1. The van der Waals surface area contributed by atoms with Gasteiger partial charge in [0.25, 0.3) is 0 Å². The zero-order valence-corrected chi connectivity index (χ0v) is 18.1. The summed E-state index contributed by atoms with van der Waals surface area (Å²) >= 11 is 0. The number of carbonyl (C=O) groups excluding carboxylic acids is 3. The number of rotatable bonds is 6. The lowest BCUT2D eigenvalue weighted by Gasteiger charge is -2.33. The van der Waals surface area contributed by atoms with Gasteiger partial charge in [0.05, 0.1) is 17.9 Å². The Hall–Kier alpha value is -2.15. The first-order valence-corrected chi connectivity index (χ1v) is 11.9. The molecule has 0 aromatic heterocycles. The van der Waals surface area contributed by atoms with Crippen molar-refractivity contribution in [1.82, 2.24) is 15.5 Å². The van der Waals surface area contributed by atoms with E-state index in [2.05, 4.69) is 17.2 Å². The summed E-state index contributed by atoms with van der Waals surface area (Å²) in [5.74, 6) is -1.72. The van der Waals surface area contributed by atoms with Gasteiger partial charge in [0.1, 0.15) is 11.6 Å². The molecule has 3 amide bonds. The lowest BCUT2D eigenvalue weighted by atomic mass is 9.74. The highest BCUT2D eigenvalue weighted by atomic mass is 16.5. The molecule has 2 aliphatic carbocycles. The van der Waals surface area contributed by atoms with E-state index in [0.717, 1.165) is 51.4 Å². The average Bonchev–Trinajstić information content (AvgIpc) is 3.52. The monoisotopic (exact) mass is 427 g/mol. The van der Waals surface area contributed by atoms with Gasteiger partial charge in [-0.3, -0.25) is 14.4 Å². The van der Waals surface area contributed by atoms with Crippen molar-refractivity contribution >= 4 is 17.7 Å². The van der Waals surface area contributed by atoms with Crippen LogP contribution in [-0.4, -0.2) is 59.0 Å². The highest BCUT2D eigenvalue weighted by Gasteiger charge is 2.72. The van der Waals surface area contributed by atoms with E-state index in [1.54, 1.807) is 11.0 Å². The number of nitrogens with zero attached hydrogens (tertiary/aromatic N) is 1. The summed E-state index contributed by atoms with van der Waals surface area (Å²) in [6.45, 7) is 4.04. The van der Waals surface area contributed by atoms with Crippen LogP contribution in [0.2, 0.25) is 0 Å². The molecule has 3 aliphatic heterocycles. The number of carbonyl (C=O) groups is 3. The second kappa shape index (κ2) is 8.08. The first-order chi connectivity index (χ1) is 15.0. The van der Waals surface area contributed by atoms with Gasteiger partial charge in [-0.2, -0.15) is 0 Å². The topological polar surface area (TPSA) is 87.7 Å². The van der Waals surface area contributed by atoms with Gasteiger partial charge in [-0.15, -0.1) is 6.58 Å². The van der Waals surface area contributed by atoms with Crippen molar-refractivity contribution in [3.05, 3.63) is 24.8 Å². The van der Waals surface area contributed by atoms with E-state index >= 15 is 0 Å². The van der Waals surface area contributed by atoms with Gasteiger partial charge in [0.2, 0.25) is 17.7 Å². The fourth-order valence-electron chi connectivity index (χ4n) is 6.50. The quantitative estimate of drug-likeness (QED) is 0.633. The third kappa shape index (κ3) is 3.32. The maximum atomic E-state index is 13.5. The molecule has 1 spiro atoms. The molecule has 168 valence electrons. The molecule has 2 saturated heterocycles. The molecular formula is C24H33N3O4. The number of hydrogen-bond donors (Lipinski definition) is 2. The predicted molar refractivity (Wildman–Crippen MR) is 115 cm³/mol. The molecule has 3 heterocycles. The Morgan fingerprint density at radius 2 is 1.68 bits per heavy atom. The lowest BCUT2D eigenvalue weighted by molar-refractivity contribution is -0.141. The van der Waals surface area contributed by atoms with Gasteiger partial charge in [0, 0.05) is 18.6 Å². The molecule has 0 aromatic rings. The molecule has 7 nitrogen and oxygen atoms in total. The summed E-state index contributed by atoms with van der Waals surface area (Å²) in [5.41, 5.74) is -1.07. The van der Waals surface area contributed by atoms with Crippen LogP contribution in [0.25, 0.3) is 0 Å². The normalized spacial score (nSPS) is 37.3. The fourth-order valence-corrected chi connectivity index (χ4v) is 6.50. The Labute approximate surface area is 183 Å². The second-order valence-corrected chi connectivity index (χ2v) is 9.81. The number of ether oxygens (including phenoxy) is 1. The third-order valence-corrected chi connectivity index (χ3v) is 7.90. The summed E-state index contributed by atoms with van der Waals surface area (Å²) in [6.07, 6.45) is 14.5. The minimum Gasteiger partial charge on any atom is -0.359 e. The van der Waals surface area contributed by atoms with Gasteiger partial charge in [0.15, 0.2) is 0 Å². The van der Waals surface area contributed by atoms with E-state index in [9.17, 15) is 14.4 Å². The summed E-state index contributed by atoms with van der Waals surface area (Å²) in [6, 6.07) is -0.449. The second-order valence-electron chi connectivity index (χ2n) is 9.81. The average molecular weight is 428 g/mol. The van der Waals surface area contributed by atoms with E-state index in [1.807, 2.05) is 12.2 Å². The first-order valence-electron chi connectivity index (χ1n) is 11.9. The molecule has 2 bridgehead atoms. The number of amides is 3. The summed E-state index contributed by atoms with van der Waals surface area (Å²) in [5, 5.41) is 6.33. The highest BCUT2D eigenvalue weighted by molar-refractivity contribution is 6.00. The van der Waals surface area contributed by atoms with Crippen LogP contribution in [0.15, 0.2) is 24.8 Å². The largest absolute Gasteiger partial charge is 0.359 e. The zero-order valence-electron chi connectivity index (χ0n) is 18.1. The highest BCUT2D eigenvalue weighted by Crippen LogP contribution is 2.55. The molecule has 0 radical (unpaired) electrons. The standard InChI is InChI=1S/C24H33N3O4/c1-2-14-27-20(22(29)26-16-8-4-3-5-9-16)24-13-12-17(31-24)18(19(24)23(27)30)21(28)25-15-10-6-7-11-15/h2,12-13,15-20H,1,3-11,14H2,(H,25,28)(H,26,29)/t17-,18+,19-,20+,24-/m1/s1. The third-order valence-electron chi connectivity index (χ3n) is 7.90. The molecule has 4 fully saturated rings. The fraction of sp³-hybridized carbons (Fsp3) is 0.708. The number of likely N-dealkylation sites (tertiary alicyclic amines) is 1. The molecule has 7 heteroatoms. The van der Waals surface area contributed by atoms with Gasteiger partial charge < -0.3 is 20.3 Å². The molecule has 31 heavy (non-hydrogen) atoms. The molecule has 5 aliphatic rings. The van der Waals surface area contributed by atoms with E-state index in [1.165, 1.54) is 6.42 Å². The summed E-state index contributed by atoms with van der Waals surface area (Å²) in [7, 11) is 0. The molecule has 2 saturated carbocycles. The van der Waals surface area contributed by atoms with Crippen molar-refractivity contribution in [2.75, 3.05) is 6.54 Å². The van der Waals surface area contributed by atoms with E-state index in [4.69, 9.17) is 4.74 Å². The van der Waals surface area contributed by atoms with Crippen LogP contribution >= 0.6 is 0 Å². The zero-order chi connectivity index (χ0) is 21.6. The first kappa shape index (κ1) is 20.7. The van der Waals surface area contributed by atoms with E-state index in [0.29, 0.717) is 0 Å². The predicted octanol–water partition coefficient (Wildman–Crippen LogP) is 1.83. The minimum absolute atomic E-state index is 0.117. The van der Waals surface area contributed by atoms with Crippen molar-refractivity contribution in [3.63, 3.8) is 0 Å². The van der Waals surface area contributed by atoms with Crippen LogP contribution in [0.3, 0.4) is 0 Å². The molecular weight excluding hydrogens is 394 g/mol. The summed E-state index contributed by atoms with van der Waals surface area (Å²) < 4.78 is 6.32. The van der Waals surface area contributed by atoms with Crippen LogP contribution in [-0.2, 0) is 19.1 Å². The van der Waals surface area contributed by atoms with Crippen molar-refractivity contribution in [1.29, 1.82) is 0 Å². The maximum absolute atomic E-state index is 13.5. The van der Waals surface area contributed by atoms with E-state index < -0.39 is 29.6 Å². The van der Waals surface area contributed by atoms with Crippen LogP contribution in [0, 0.1) is 11.8 Å². The van der Waals surface area contributed by atoms with Gasteiger partial charge in [-0.25, -0.2) is 0 Å². The molecule has 5 rings (SSSR count). The molecule has 0 unspecified atom stereocenters. The molecule has 0 aromatic carbocycles. The van der Waals surface area contributed by atoms with Crippen LogP contribution in [0.4, 0.5) is 0 Å². The van der Waals surface area contributed by atoms with Crippen molar-refractivity contribution in [3.8, 4) is 0 Å². The molecule has 2 N–H and O–H groups in total. The van der Waals surface area contributed by atoms with Crippen LogP contribution in [0.1, 0.15) is 57.8 Å². The Morgan fingerprint density at radius 3 is 2.32 bits per heavy atom.